The third kappa shape index (κ3) is 5.13. The molecule has 1 aliphatic rings. The molecule has 7 heteroatoms. The molecule has 0 aliphatic carbocycles. The van der Waals surface area contributed by atoms with Crippen molar-refractivity contribution >= 4 is 11.8 Å². The average Bonchev–Trinajstić information content (AvgIpc) is 3.22. The van der Waals surface area contributed by atoms with Crippen LogP contribution in [0.15, 0.2) is 48.5 Å². The number of nitrogens with one attached hydrogen (secondary N) is 1. The fourth-order valence-corrected chi connectivity index (χ4v) is 4.27. The van der Waals surface area contributed by atoms with Gasteiger partial charge in [0.1, 0.15) is 5.82 Å². The first-order chi connectivity index (χ1) is 15.9. The van der Waals surface area contributed by atoms with E-state index in [4.69, 9.17) is 0 Å². The Balaban J connectivity index is 1.30. The monoisotopic (exact) mass is 445 g/mol. The van der Waals surface area contributed by atoms with Gasteiger partial charge in [0, 0.05) is 26.1 Å². The second-order valence-corrected chi connectivity index (χ2v) is 8.80. The highest BCUT2D eigenvalue weighted by Crippen LogP contribution is 2.23. The quantitative estimate of drug-likeness (QED) is 0.561. The van der Waals surface area contributed by atoms with E-state index in [-0.39, 0.29) is 17.6 Å². The number of benzene rings is 2. The molecule has 172 valence electrons. The molecule has 0 radical (unpaired) electrons. The molecule has 0 fully saturated rings. The fourth-order valence-electron chi connectivity index (χ4n) is 4.27. The van der Waals surface area contributed by atoms with Gasteiger partial charge < -0.3 is 10.2 Å². The number of fused-ring (bicyclic) bond motifs is 1. The summed E-state index contributed by atoms with van der Waals surface area (Å²) in [6, 6.07) is 16.3. The lowest BCUT2D eigenvalue weighted by molar-refractivity contribution is -0.132. The van der Waals surface area contributed by atoms with Crippen molar-refractivity contribution in [3.8, 4) is 5.69 Å². The second-order valence-electron chi connectivity index (χ2n) is 8.80. The van der Waals surface area contributed by atoms with Crippen LogP contribution in [-0.2, 0) is 17.8 Å². The standard InChI is InChI=1S/C26H31N5O2/c1-18(2)22-11-6-7-12-23(22)31-19(3)28-25(29-31)26(33)27-15-8-13-24(32)30-16-14-20-9-4-5-10-21(20)17-30/h4-7,9-12,18H,8,13-17H2,1-3H3,(H,27,33). The number of carbonyl (C=O) groups excluding carboxylic acids is 2. The Morgan fingerprint density at radius 1 is 1.06 bits per heavy atom. The Hall–Kier alpha value is -3.48. The maximum absolute atomic E-state index is 12.6. The number of para-hydroxylation sites is 1. The highest BCUT2D eigenvalue weighted by atomic mass is 16.2. The molecule has 0 spiro atoms. The highest BCUT2D eigenvalue weighted by Gasteiger charge is 2.21. The van der Waals surface area contributed by atoms with Gasteiger partial charge in [0.05, 0.1) is 5.69 Å². The third-order valence-electron chi connectivity index (χ3n) is 6.10. The SMILES string of the molecule is Cc1nc(C(=O)NCCCC(=O)N2CCc3ccccc3C2)nn1-c1ccccc1C(C)C. The van der Waals surface area contributed by atoms with E-state index < -0.39 is 0 Å². The van der Waals surface area contributed by atoms with E-state index in [1.165, 1.54) is 11.1 Å². The van der Waals surface area contributed by atoms with Crippen LogP contribution in [0.1, 0.15) is 65.7 Å². The molecule has 1 N–H and O–H groups in total. The summed E-state index contributed by atoms with van der Waals surface area (Å²) in [4.78, 5) is 31.5. The van der Waals surface area contributed by atoms with E-state index >= 15 is 0 Å². The van der Waals surface area contributed by atoms with Crippen molar-refractivity contribution in [1.82, 2.24) is 25.0 Å². The lowest BCUT2D eigenvalue weighted by atomic mass is 9.99. The van der Waals surface area contributed by atoms with Gasteiger partial charge in [0.2, 0.25) is 11.7 Å². The van der Waals surface area contributed by atoms with Crippen LogP contribution in [0.4, 0.5) is 0 Å². The smallest absolute Gasteiger partial charge is 0.290 e. The normalized spacial score (nSPS) is 13.2. The average molecular weight is 446 g/mol. The molecule has 4 rings (SSSR count). The van der Waals surface area contributed by atoms with Crippen molar-refractivity contribution in [1.29, 1.82) is 0 Å². The first-order valence-corrected chi connectivity index (χ1v) is 11.6. The van der Waals surface area contributed by atoms with Crippen molar-refractivity contribution in [3.05, 3.63) is 76.9 Å². The van der Waals surface area contributed by atoms with Crippen LogP contribution >= 0.6 is 0 Å². The number of hydrogen-bond acceptors (Lipinski definition) is 4. The number of aromatic nitrogens is 3. The van der Waals surface area contributed by atoms with Gasteiger partial charge in [-0.3, -0.25) is 9.59 Å². The topological polar surface area (TPSA) is 80.1 Å². The van der Waals surface area contributed by atoms with Crippen LogP contribution in [0.25, 0.3) is 5.69 Å². The predicted molar refractivity (Wildman–Crippen MR) is 127 cm³/mol. The third-order valence-corrected chi connectivity index (χ3v) is 6.10. The van der Waals surface area contributed by atoms with E-state index in [0.29, 0.717) is 37.7 Å². The van der Waals surface area contributed by atoms with Gasteiger partial charge in [-0.15, -0.1) is 5.10 Å². The van der Waals surface area contributed by atoms with Crippen LogP contribution in [0, 0.1) is 6.92 Å². The number of hydrogen-bond donors (Lipinski definition) is 1. The summed E-state index contributed by atoms with van der Waals surface area (Å²) in [5, 5.41) is 7.30. The summed E-state index contributed by atoms with van der Waals surface area (Å²) in [5.74, 6) is 0.937. The Morgan fingerprint density at radius 3 is 2.58 bits per heavy atom. The van der Waals surface area contributed by atoms with Gasteiger partial charge >= 0.3 is 0 Å². The van der Waals surface area contributed by atoms with Gasteiger partial charge in [-0.25, -0.2) is 9.67 Å². The summed E-state index contributed by atoms with van der Waals surface area (Å²) >= 11 is 0. The molecule has 7 nitrogen and oxygen atoms in total. The summed E-state index contributed by atoms with van der Waals surface area (Å²) < 4.78 is 1.72. The predicted octanol–water partition coefficient (Wildman–Crippen LogP) is 3.79. The molecule has 33 heavy (non-hydrogen) atoms. The molecule has 1 aliphatic heterocycles. The first-order valence-electron chi connectivity index (χ1n) is 11.6. The molecule has 0 bridgehead atoms. The maximum Gasteiger partial charge on any atom is 0.290 e. The zero-order chi connectivity index (χ0) is 23.4. The number of aryl methyl sites for hydroxylation is 1. The summed E-state index contributed by atoms with van der Waals surface area (Å²) in [6.45, 7) is 7.92. The van der Waals surface area contributed by atoms with Crippen molar-refractivity contribution in [2.24, 2.45) is 0 Å². The van der Waals surface area contributed by atoms with Gasteiger partial charge in [-0.2, -0.15) is 0 Å². The minimum atomic E-state index is -0.321. The lowest BCUT2D eigenvalue weighted by Crippen LogP contribution is -2.36. The number of carbonyl (C=O) groups is 2. The summed E-state index contributed by atoms with van der Waals surface area (Å²) in [6.07, 6.45) is 1.88. The van der Waals surface area contributed by atoms with Crippen LogP contribution in [0.5, 0.6) is 0 Å². The number of nitrogens with zero attached hydrogens (tertiary/aromatic N) is 4. The van der Waals surface area contributed by atoms with Crippen molar-refractivity contribution in [2.45, 2.75) is 52.5 Å². The Labute approximate surface area is 194 Å². The van der Waals surface area contributed by atoms with E-state index in [9.17, 15) is 9.59 Å². The molecule has 2 heterocycles. The minimum absolute atomic E-state index is 0.127. The molecular formula is C26H31N5O2. The number of amides is 2. The Bertz CT molecular complexity index is 1150. The Morgan fingerprint density at radius 2 is 1.79 bits per heavy atom. The first kappa shape index (κ1) is 22.7. The molecule has 3 aromatic rings. The molecule has 0 unspecified atom stereocenters. The molecule has 0 saturated heterocycles. The van der Waals surface area contributed by atoms with Crippen molar-refractivity contribution < 1.29 is 9.59 Å². The van der Waals surface area contributed by atoms with E-state index in [0.717, 1.165) is 24.2 Å². The Kier molecular flexibility index (Phi) is 6.87. The summed E-state index contributed by atoms with van der Waals surface area (Å²) in [7, 11) is 0. The van der Waals surface area contributed by atoms with Gasteiger partial charge in [-0.05, 0) is 48.4 Å². The molecule has 2 aromatic carbocycles. The van der Waals surface area contributed by atoms with E-state index in [1.807, 2.05) is 42.2 Å². The van der Waals surface area contributed by atoms with Crippen LogP contribution in [0.3, 0.4) is 0 Å². The van der Waals surface area contributed by atoms with Crippen molar-refractivity contribution in [2.75, 3.05) is 13.1 Å². The van der Waals surface area contributed by atoms with Gasteiger partial charge in [0.25, 0.3) is 5.91 Å². The molecule has 0 saturated carbocycles. The lowest BCUT2D eigenvalue weighted by Gasteiger charge is -2.29. The highest BCUT2D eigenvalue weighted by molar-refractivity contribution is 5.90. The molecular weight excluding hydrogens is 414 g/mol. The number of rotatable bonds is 7. The molecule has 2 amide bonds. The molecule has 1 aromatic heterocycles. The summed E-state index contributed by atoms with van der Waals surface area (Å²) in [5.41, 5.74) is 4.63. The zero-order valence-corrected chi connectivity index (χ0v) is 19.5. The van der Waals surface area contributed by atoms with Crippen LogP contribution in [0.2, 0.25) is 0 Å². The zero-order valence-electron chi connectivity index (χ0n) is 19.5. The second kappa shape index (κ2) is 9.98. The minimum Gasteiger partial charge on any atom is -0.349 e. The maximum atomic E-state index is 12.6. The van der Waals surface area contributed by atoms with Crippen molar-refractivity contribution in [3.63, 3.8) is 0 Å². The molecule has 0 atom stereocenters. The largest absolute Gasteiger partial charge is 0.349 e. The van der Waals surface area contributed by atoms with E-state index in [1.54, 1.807) is 4.68 Å². The van der Waals surface area contributed by atoms with Crippen LogP contribution < -0.4 is 5.32 Å². The van der Waals surface area contributed by atoms with E-state index in [2.05, 4.69) is 47.4 Å². The van der Waals surface area contributed by atoms with Crippen LogP contribution in [-0.4, -0.2) is 44.6 Å². The van der Waals surface area contributed by atoms with Gasteiger partial charge in [0.15, 0.2) is 0 Å². The van der Waals surface area contributed by atoms with Gasteiger partial charge in [-0.1, -0.05) is 56.3 Å². The fraction of sp³-hybridized carbons (Fsp3) is 0.385.